The van der Waals surface area contributed by atoms with Gasteiger partial charge in [0.15, 0.2) is 0 Å². The molecular weight excluding hydrogens is 441 g/mol. The van der Waals surface area contributed by atoms with Crippen molar-refractivity contribution in [1.29, 1.82) is 0 Å². The molecule has 158 valence electrons. The van der Waals surface area contributed by atoms with Gasteiger partial charge >= 0.3 is 172 Å². The minimum absolute atomic E-state index is 0.335. The monoisotopic (exact) mass is 494 g/mol. The summed E-state index contributed by atoms with van der Waals surface area (Å²) in [6.07, 6.45) is 6.27. The van der Waals surface area contributed by atoms with E-state index in [0.29, 0.717) is 5.41 Å². The normalized spacial score (nSPS) is 13.4. The van der Waals surface area contributed by atoms with Crippen molar-refractivity contribution < 1.29 is 7.53 Å². The van der Waals surface area contributed by atoms with Gasteiger partial charge < -0.3 is 0 Å². The van der Waals surface area contributed by atoms with Gasteiger partial charge in [-0.1, -0.05) is 0 Å². The second kappa shape index (κ2) is 14.1. The standard InChI is InChI=1S/C22H50Ge2O2/c1-9-17-24(18-10-2,19-11-3)26-21-16-22(7,8)15-20-25-23(12-4,13-5)14-6/h9-21H2,1-8H3. The van der Waals surface area contributed by atoms with Gasteiger partial charge in [-0.3, -0.25) is 0 Å². The zero-order valence-corrected chi connectivity index (χ0v) is 23.7. The third-order valence-electron chi connectivity index (χ3n) is 6.42. The summed E-state index contributed by atoms with van der Waals surface area (Å²) in [6.45, 7) is 20.8. The summed E-state index contributed by atoms with van der Waals surface area (Å²) in [4.78, 5) is 0. The van der Waals surface area contributed by atoms with Crippen molar-refractivity contribution >= 4 is 27.2 Å². The van der Waals surface area contributed by atoms with Crippen LogP contribution in [0.4, 0.5) is 0 Å². The van der Waals surface area contributed by atoms with Crippen LogP contribution in [0.3, 0.4) is 0 Å². The molecule has 0 fully saturated rings. The third-order valence-corrected chi connectivity index (χ3v) is 26.8. The van der Waals surface area contributed by atoms with Gasteiger partial charge in [0.2, 0.25) is 0 Å². The van der Waals surface area contributed by atoms with E-state index in [4.69, 9.17) is 7.53 Å². The summed E-state index contributed by atoms with van der Waals surface area (Å²) in [5.41, 5.74) is 0.335. The van der Waals surface area contributed by atoms with Crippen molar-refractivity contribution in [1.82, 2.24) is 0 Å². The van der Waals surface area contributed by atoms with Gasteiger partial charge in [-0.05, 0) is 0 Å². The first-order valence-electron chi connectivity index (χ1n) is 11.6. The van der Waals surface area contributed by atoms with E-state index >= 15 is 0 Å². The van der Waals surface area contributed by atoms with Crippen LogP contribution in [-0.2, 0) is 7.53 Å². The van der Waals surface area contributed by atoms with Gasteiger partial charge in [0.05, 0.1) is 0 Å². The molecule has 0 saturated heterocycles. The molecule has 0 atom stereocenters. The van der Waals surface area contributed by atoms with Crippen LogP contribution in [0.1, 0.15) is 87.5 Å². The van der Waals surface area contributed by atoms with E-state index in [-0.39, 0.29) is 0 Å². The van der Waals surface area contributed by atoms with Crippen LogP contribution < -0.4 is 0 Å². The summed E-state index contributed by atoms with van der Waals surface area (Å²) in [5, 5.41) is 8.09. The maximum absolute atomic E-state index is 6.76. The minimum atomic E-state index is -2.06. The van der Waals surface area contributed by atoms with Crippen LogP contribution >= 0.6 is 0 Å². The first-order valence-corrected chi connectivity index (χ1v) is 22.2. The Bertz CT molecular complexity index is 316. The van der Waals surface area contributed by atoms with Crippen LogP contribution in [0.25, 0.3) is 0 Å². The fraction of sp³-hybridized carbons (Fsp3) is 1.00. The zero-order chi connectivity index (χ0) is 20.1. The molecule has 0 radical (unpaired) electrons. The molecule has 0 aromatic heterocycles. The van der Waals surface area contributed by atoms with Crippen LogP contribution in [0, 0.1) is 5.41 Å². The molecule has 4 heteroatoms. The van der Waals surface area contributed by atoms with E-state index in [1.54, 1.807) is 0 Å². The molecule has 0 rings (SSSR count). The average Bonchev–Trinajstić information content (AvgIpc) is 2.59. The molecule has 2 nitrogen and oxygen atoms in total. The van der Waals surface area contributed by atoms with Crippen molar-refractivity contribution in [2.45, 2.75) is 119 Å². The average molecular weight is 492 g/mol. The Morgan fingerprint density at radius 1 is 0.577 bits per heavy atom. The van der Waals surface area contributed by atoms with E-state index in [9.17, 15) is 0 Å². The topological polar surface area (TPSA) is 18.5 Å². The Labute approximate surface area is 172 Å². The van der Waals surface area contributed by atoms with Gasteiger partial charge in [0.1, 0.15) is 0 Å². The summed E-state index contributed by atoms with van der Waals surface area (Å²) < 4.78 is 13.3. The predicted octanol–water partition coefficient (Wildman–Crippen LogP) is 8.01. The molecule has 0 amide bonds. The van der Waals surface area contributed by atoms with Crippen LogP contribution in [0.5, 0.6) is 0 Å². The molecule has 0 heterocycles. The second-order valence-corrected chi connectivity index (χ2v) is 27.8. The SMILES string of the molecule is CC[CH2][Ge]([CH2]CC)([CH2]CC)[O]CCC(C)(C)CC[O][Ge]([CH2]C)([CH2]C)[CH2]C. The molecular formula is C22H50Ge2O2. The molecule has 0 N–H and O–H groups in total. The Hall–Kier alpha value is 1.01. The Morgan fingerprint density at radius 2 is 0.923 bits per heavy atom. The van der Waals surface area contributed by atoms with Crippen molar-refractivity contribution in [2.24, 2.45) is 5.41 Å². The first-order chi connectivity index (χ1) is 12.3. The Morgan fingerprint density at radius 3 is 1.23 bits per heavy atom. The Balaban J connectivity index is 4.51. The predicted molar refractivity (Wildman–Crippen MR) is 123 cm³/mol. The van der Waals surface area contributed by atoms with Crippen molar-refractivity contribution in [2.75, 3.05) is 13.2 Å². The molecule has 0 aliphatic rings. The third kappa shape index (κ3) is 9.98. The maximum atomic E-state index is 6.76. The molecule has 26 heavy (non-hydrogen) atoms. The zero-order valence-electron chi connectivity index (χ0n) is 19.5. The quantitative estimate of drug-likeness (QED) is 0.192. The number of rotatable bonds is 17. The molecule has 0 aliphatic heterocycles. The summed E-state index contributed by atoms with van der Waals surface area (Å²) >= 11 is -4.03. The molecule has 0 unspecified atom stereocenters. The fourth-order valence-corrected chi connectivity index (χ4v) is 19.1. The van der Waals surface area contributed by atoms with Crippen molar-refractivity contribution in [3.8, 4) is 0 Å². The molecule has 0 aromatic carbocycles. The summed E-state index contributed by atoms with van der Waals surface area (Å²) in [7, 11) is 0. The molecule has 0 spiro atoms. The van der Waals surface area contributed by atoms with E-state index in [1.807, 2.05) is 0 Å². The second-order valence-electron chi connectivity index (χ2n) is 9.04. The van der Waals surface area contributed by atoms with Gasteiger partial charge in [0, 0.05) is 0 Å². The molecule has 0 aromatic rings. The van der Waals surface area contributed by atoms with Gasteiger partial charge in [-0.25, -0.2) is 0 Å². The van der Waals surface area contributed by atoms with E-state index in [1.165, 1.54) is 63.6 Å². The first kappa shape index (κ1) is 27.0. The van der Waals surface area contributed by atoms with E-state index < -0.39 is 27.2 Å². The number of hydrogen-bond acceptors (Lipinski definition) is 2. The van der Waals surface area contributed by atoms with E-state index in [0.717, 1.165) is 13.2 Å². The van der Waals surface area contributed by atoms with Crippen molar-refractivity contribution in [3.63, 3.8) is 0 Å². The number of hydrogen-bond donors (Lipinski definition) is 0. The summed E-state index contributed by atoms with van der Waals surface area (Å²) in [6, 6.07) is 0. The van der Waals surface area contributed by atoms with Gasteiger partial charge in [0.25, 0.3) is 0 Å². The van der Waals surface area contributed by atoms with Gasteiger partial charge in [-0.15, -0.1) is 0 Å². The molecule has 0 bridgehead atoms. The van der Waals surface area contributed by atoms with Crippen LogP contribution in [0.2, 0.25) is 31.5 Å². The van der Waals surface area contributed by atoms with Crippen LogP contribution in [-0.4, -0.2) is 40.4 Å². The van der Waals surface area contributed by atoms with Crippen molar-refractivity contribution in [3.05, 3.63) is 0 Å². The Kier molecular flexibility index (Phi) is 14.6. The molecule has 0 aliphatic carbocycles. The van der Waals surface area contributed by atoms with E-state index in [2.05, 4.69) is 55.4 Å². The summed E-state index contributed by atoms with van der Waals surface area (Å²) in [5.74, 6) is 0. The molecule has 0 saturated carbocycles. The van der Waals surface area contributed by atoms with Crippen LogP contribution in [0.15, 0.2) is 0 Å². The fourth-order valence-electron chi connectivity index (χ4n) is 4.23. The van der Waals surface area contributed by atoms with Gasteiger partial charge in [-0.2, -0.15) is 0 Å².